The summed E-state index contributed by atoms with van der Waals surface area (Å²) in [5.41, 5.74) is 8.10. The summed E-state index contributed by atoms with van der Waals surface area (Å²) in [4.78, 5) is 30.6. The number of halogens is 2. The molecule has 1 aliphatic heterocycles. The summed E-state index contributed by atoms with van der Waals surface area (Å²) in [5, 5.41) is 5.29. The lowest BCUT2D eigenvalue weighted by Gasteiger charge is -2.22. The van der Waals surface area contributed by atoms with E-state index in [0.717, 1.165) is 28.8 Å². The van der Waals surface area contributed by atoms with Crippen LogP contribution in [-0.4, -0.2) is 28.3 Å². The van der Waals surface area contributed by atoms with E-state index in [-0.39, 0.29) is 25.0 Å². The highest BCUT2D eigenvalue weighted by Gasteiger charge is 2.43. The topological polar surface area (TPSA) is 99.8 Å². The van der Waals surface area contributed by atoms with Crippen LogP contribution in [0.15, 0.2) is 59.6 Å². The molecule has 2 aromatic rings. The molecule has 1 atom stereocenters. The van der Waals surface area contributed by atoms with Gasteiger partial charge in [0, 0.05) is 19.5 Å². The van der Waals surface area contributed by atoms with Crippen molar-refractivity contribution in [2.75, 3.05) is 0 Å². The van der Waals surface area contributed by atoms with E-state index in [2.05, 4.69) is 22.2 Å². The van der Waals surface area contributed by atoms with Gasteiger partial charge in [-0.1, -0.05) is 35.9 Å². The van der Waals surface area contributed by atoms with E-state index in [9.17, 15) is 18.4 Å². The summed E-state index contributed by atoms with van der Waals surface area (Å²) in [7, 11) is 0. The van der Waals surface area contributed by atoms with Gasteiger partial charge in [-0.25, -0.2) is 18.6 Å². The molecule has 9 heteroatoms. The largest absolute Gasteiger partial charge is 0.369 e. The van der Waals surface area contributed by atoms with Crippen molar-refractivity contribution < 1.29 is 18.4 Å². The maximum Gasteiger partial charge on any atom is 0.315 e. The van der Waals surface area contributed by atoms with Crippen molar-refractivity contribution in [2.45, 2.75) is 45.4 Å². The Hall–Kier alpha value is -3.75. The Morgan fingerprint density at radius 1 is 1.06 bits per heavy atom. The molecule has 0 spiro atoms. The second-order valence-corrected chi connectivity index (χ2v) is 8.37. The number of nitrogens with zero attached hydrogens (tertiary/aromatic N) is 2. The van der Waals surface area contributed by atoms with Crippen LogP contribution in [0.4, 0.5) is 13.6 Å². The highest BCUT2D eigenvalue weighted by molar-refractivity contribution is 6.06. The standard InChI is InChI=1S/C24H27F2N5O2/c1-15(2)11-24(3)21(32)31(22(27)30-24)14-17-6-4-16(5-7-17)12-28-23(33)29-13-18-8-9-19(25)20(26)10-18/h4-10H,1,11-14H2,2-3H3,(H2,27,30)(H2,28,29,33). The average Bonchev–Trinajstić information content (AvgIpc) is 2.96. The zero-order valence-electron chi connectivity index (χ0n) is 18.6. The molecular weight excluding hydrogens is 428 g/mol. The SMILES string of the molecule is C=C(C)CC1(C)N=C(N)N(Cc2ccc(CNC(=O)NCc3ccc(F)c(F)c3)cc2)C1=O. The molecule has 0 radical (unpaired) electrons. The van der Waals surface area contributed by atoms with Gasteiger partial charge in [-0.15, -0.1) is 6.58 Å². The predicted octanol–water partition coefficient (Wildman–Crippen LogP) is 3.35. The Bertz CT molecular complexity index is 1100. The third-order valence-corrected chi connectivity index (χ3v) is 5.24. The molecule has 0 aromatic heterocycles. The number of nitrogens with two attached hydrogens (primary N) is 1. The van der Waals surface area contributed by atoms with Crippen molar-refractivity contribution in [1.82, 2.24) is 15.5 Å². The van der Waals surface area contributed by atoms with Crippen molar-refractivity contribution in [1.29, 1.82) is 0 Å². The molecule has 3 rings (SSSR count). The average molecular weight is 456 g/mol. The number of carbonyl (C=O) groups is 2. The highest BCUT2D eigenvalue weighted by atomic mass is 19.2. The number of carbonyl (C=O) groups excluding carboxylic acids is 2. The number of aliphatic imine (C=N–C) groups is 1. The number of guanidine groups is 1. The summed E-state index contributed by atoms with van der Waals surface area (Å²) < 4.78 is 26.2. The van der Waals surface area contributed by atoms with Gasteiger partial charge in [0.25, 0.3) is 5.91 Å². The molecule has 7 nitrogen and oxygen atoms in total. The van der Waals surface area contributed by atoms with E-state index in [4.69, 9.17) is 5.73 Å². The zero-order valence-corrected chi connectivity index (χ0v) is 18.6. The molecule has 3 amide bonds. The minimum atomic E-state index is -0.959. The normalized spacial score (nSPS) is 17.6. The molecule has 0 bridgehead atoms. The van der Waals surface area contributed by atoms with Gasteiger partial charge in [0.05, 0.1) is 6.54 Å². The second-order valence-electron chi connectivity index (χ2n) is 8.37. The van der Waals surface area contributed by atoms with Crippen LogP contribution in [0.3, 0.4) is 0 Å². The fourth-order valence-corrected chi connectivity index (χ4v) is 3.63. The van der Waals surface area contributed by atoms with E-state index in [1.165, 1.54) is 11.0 Å². The van der Waals surface area contributed by atoms with Crippen LogP contribution in [0.1, 0.15) is 37.0 Å². The summed E-state index contributed by atoms with van der Waals surface area (Å²) in [6, 6.07) is 10.4. The second kappa shape index (κ2) is 9.81. The predicted molar refractivity (Wildman–Crippen MR) is 122 cm³/mol. The number of amides is 3. The first-order valence-electron chi connectivity index (χ1n) is 10.4. The van der Waals surface area contributed by atoms with Gasteiger partial charge >= 0.3 is 6.03 Å². The van der Waals surface area contributed by atoms with Gasteiger partial charge in [0.2, 0.25) is 0 Å². The number of hydrogen-bond acceptors (Lipinski definition) is 4. The number of nitrogens with one attached hydrogen (secondary N) is 2. The molecule has 1 heterocycles. The molecule has 0 aliphatic carbocycles. The quantitative estimate of drug-likeness (QED) is 0.532. The van der Waals surface area contributed by atoms with E-state index in [1.54, 1.807) is 6.92 Å². The molecular formula is C24H27F2N5O2. The maximum absolute atomic E-state index is 13.2. The van der Waals surface area contributed by atoms with Crippen LogP contribution in [0.5, 0.6) is 0 Å². The van der Waals surface area contributed by atoms with Crippen LogP contribution < -0.4 is 16.4 Å². The smallest absolute Gasteiger partial charge is 0.315 e. The molecule has 174 valence electrons. The Balaban J connectivity index is 1.49. The highest BCUT2D eigenvalue weighted by Crippen LogP contribution is 2.28. The number of rotatable bonds is 8. The van der Waals surface area contributed by atoms with Crippen LogP contribution in [0.25, 0.3) is 0 Å². The minimum absolute atomic E-state index is 0.0686. The lowest BCUT2D eigenvalue weighted by atomic mass is 9.94. The third kappa shape index (κ3) is 5.94. The summed E-state index contributed by atoms with van der Waals surface area (Å²) in [6.07, 6.45) is 0.436. The molecule has 1 unspecified atom stereocenters. The maximum atomic E-state index is 13.2. The fraction of sp³-hybridized carbons (Fsp3) is 0.292. The first-order valence-corrected chi connectivity index (χ1v) is 10.4. The van der Waals surface area contributed by atoms with Crippen molar-refractivity contribution in [2.24, 2.45) is 10.7 Å². The van der Waals surface area contributed by atoms with Crippen LogP contribution >= 0.6 is 0 Å². The molecule has 1 aliphatic rings. The van der Waals surface area contributed by atoms with Crippen molar-refractivity contribution in [3.05, 3.63) is 82.9 Å². The Morgan fingerprint density at radius 2 is 1.64 bits per heavy atom. The van der Waals surface area contributed by atoms with Gasteiger partial charge in [0.15, 0.2) is 17.6 Å². The van der Waals surface area contributed by atoms with E-state index < -0.39 is 23.2 Å². The Kier molecular flexibility index (Phi) is 7.10. The monoisotopic (exact) mass is 455 g/mol. The van der Waals surface area contributed by atoms with Crippen LogP contribution in [0, 0.1) is 11.6 Å². The Labute approximate surface area is 191 Å². The molecule has 0 saturated carbocycles. The minimum Gasteiger partial charge on any atom is -0.369 e. The van der Waals surface area contributed by atoms with Crippen molar-refractivity contribution in [3.8, 4) is 0 Å². The number of hydrogen-bond donors (Lipinski definition) is 3. The van der Waals surface area contributed by atoms with Crippen molar-refractivity contribution >= 4 is 17.9 Å². The zero-order chi connectivity index (χ0) is 24.2. The van der Waals surface area contributed by atoms with Gasteiger partial charge in [-0.3, -0.25) is 9.69 Å². The summed E-state index contributed by atoms with van der Waals surface area (Å²) in [6.45, 7) is 8.10. The van der Waals surface area contributed by atoms with E-state index in [1.807, 2.05) is 31.2 Å². The Morgan fingerprint density at radius 3 is 2.24 bits per heavy atom. The van der Waals surface area contributed by atoms with Gasteiger partial charge in [-0.05, 0) is 42.7 Å². The molecule has 0 fully saturated rings. The molecule has 0 saturated heterocycles. The lowest BCUT2D eigenvalue weighted by molar-refractivity contribution is -0.131. The van der Waals surface area contributed by atoms with Gasteiger partial charge in [0.1, 0.15) is 5.54 Å². The molecule has 33 heavy (non-hydrogen) atoms. The van der Waals surface area contributed by atoms with Crippen LogP contribution in [0.2, 0.25) is 0 Å². The van der Waals surface area contributed by atoms with E-state index >= 15 is 0 Å². The number of urea groups is 1. The summed E-state index contributed by atoms with van der Waals surface area (Å²) >= 11 is 0. The summed E-state index contributed by atoms with van der Waals surface area (Å²) in [5.74, 6) is -1.87. The molecule has 4 N–H and O–H groups in total. The number of benzene rings is 2. The van der Waals surface area contributed by atoms with Crippen LogP contribution in [-0.2, 0) is 24.4 Å². The van der Waals surface area contributed by atoms with E-state index in [0.29, 0.717) is 18.5 Å². The third-order valence-electron chi connectivity index (χ3n) is 5.24. The lowest BCUT2D eigenvalue weighted by Crippen LogP contribution is -2.42. The van der Waals surface area contributed by atoms with Gasteiger partial charge in [-0.2, -0.15) is 0 Å². The first kappa shape index (κ1) is 23.9. The fourth-order valence-electron chi connectivity index (χ4n) is 3.63. The van der Waals surface area contributed by atoms with Crippen molar-refractivity contribution in [3.63, 3.8) is 0 Å². The van der Waals surface area contributed by atoms with Gasteiger partial charge < -0.3 is 16.4 Å². The first-order chi connectivity index (χ1) is 15.6. The molecule has 2 aromatic carbocycles.